The Bertz CT molecular complexity index is 780. The van der Waals surface area contributed by atoms with E-state index in [0.29, 0.717) is 42.1 Å². The number of benzene rings is 1. The van der Waals surface area contributed by atoms with Gasteiger partial charge in [-0.3, -0.25) is 9.69 Å². The second-order valence-corrected chi connectivity index (χ2v) is 8.39. The van der Waals surface area contributed by atoms with E-state index in [2.05, 4.69) is 34.2 Å². The maximum atomic E-state index is 12.7. The van der Waals surface area contributed by atoms with Crippen molar-refractivity contribution in [3.05, 3.63) is 41.5 Å². The predicted octanol–water partition coefficient (Wildman–Crippen LogP) is 2.76. The van der Waals surface area contributed by atoms with Crippen LogP contribution in [0.4, 0.5) is 0 Å². The van der Waals surface area contributed by atoms with Crippen molar-refractivity contribution in [3.8, 4) is 0 Å². The van der Waals surface area contributed by atoms with Crippen LogP contribution in [-0.4, -0.2) is 59.8 Å². The van der Waals surface area contributed by atoms with Crippen molar-refractivity contribution in [1.82, 2.24) is 20.4 Å². The number of nitrogens with zero attached hydrogens (tertiary/aromatic N) is 3. The topological polar surface area (TPSA) is 80.5 Å². The summed E-state index contributed by atoms with van der Waals surface area (Å²) in [5.74, 6) is 2.26. The van der Waals surface area contributed by atoms with Crippen LogP contribution in [-0.2, 0) is 10.5 Å². The lowest BCUT2D eigenvalue weighted by molar-refractivity contribution is -0.0295. The van der Waals surface area contributed by atoms with Gasteiger partial charge in [0.15, 0.2) is 5.82 Å². The quantitative estimate of drug-likeness (QED) is 0.678. The molecule has 8 heteroatoms. The van der Waals surface area contributed by atoms with Crippen LogP contribution in [0, 0.1) is 12.8 Å². The molecule has 2 aromatic rings. The molecule has 1 unspecified atom stereocenters. The number of thioether (sulfide) groups is 1. The maximum Gasteiger partial charge on any atom is 0.252 e. The minimum atomic E-state index is -0.0861. The molecule has 0 aliphatic carbocycles. The molecule has 1 aromatic heterocycles. The molecule has 152 valence electrons. The summed E-state index contributed by atoms with van der Waals surface area (Å²) in [4.78, 5) is 20.2. The zero-order valence-electron chi connectivity index (χ0n) is 16.7. The Kier molecular flexibility index (Phi) is 7.47. The second-order valence-electron chi connectivity index (χ2n) is 7.37. The van der Waals surface area contributed by atoms with Crippen molar-refractivity contribution in [1.29, 1.82) is 0 Å². The Labute approximate surface area is 170 Å². The standard InChI is InChI=1S/C20H28N4O3S/c1-14(2)11-24-8-9-26-16(12-24)10-21-20(25)17-6-4-5-7-18(17)28-13-19-22-15(3)27-23-19/h4-7,14,16H,8-13H2,1-3H3,(H,21,25). The third kappa shape index (κ3) is 6.05. The monoisotopic (exact) mass is 404 g/mol. The third-order valence-corrected chi connectivity index (χ3v) is 5.46. The summed E-state index contributed by atoms with van der Waals surface area (Å²) >= 11 is 1.53. The Morgan fingerprint density at radius 3 is 2.96 bits per heavy atom. The van der Waals surface area contributed by atoms with Crippen LogP contribution in [0.15, 0.2) is 33.7 Å². The van der Waals surface area contributed by atoms with Gasteiger partial charge in [0.05, 0.1) is 24.0 Å². The van der Waals surface area contributed by atoms with Gasteiger partial charge in [0, 0.05) is 38.0 Å². The number of carbonyl (C=O) groups is 1. The Hall–Kier alpha value is -1.90. The second kappa shape index (κ2) is 10.0. The molecule has 1 atom stereocenters. The molecule has 0 saturated carbocycles. The number of hydrogen-bond acceptors (Lipinski definition) is 7. The van der Waals surface area contributed by atoms with Gasteiger partial charge in [-0.15, -0.1) is 11.8 Å². The summed E-state index contributed by atoms with van der Waals surface area (Å²) in [6.45, 7) is 10.3. The molecule has 1 N–H and O–H groups in total. The number of hydrogen-bond donors (Lipinski definition) is 1. The van der Waals surface area contributed by atoms with E-state index in [1.54, 1.807) is 6.92 Å². The fraction of sp³-hybridized carbons (Fsp3) is 0.550. The number of ether oxygens (including phenoxy) is 1. The number of rotatable bonds is 8. The molecule has 0 bridgehead atoms. The van der Waals surface area contributed by atoms with Crippen molar-refractivity contribution in [2.45, 2.75) is 37.5 Å². The number of morpholine rings is 1. The van der Waals surface area contributed by atoms with Gasteiger partial charge < -0.3 is 14.6 Å². The largest absolute Gasteiger partial charge is 0.374 e. The Balaban J connectivity index is 1.54. The van der Waals surface area contributed by atoms with Crippen LogP contribution >= 0.6 is 11.8 Å². The highest BCUT2D eigenvalue weighted by Gasteiger charge is 2.22. The summed E-state index contributed by atoms with van der Waals surface area (Å²) in [7, 11) is 0. The maximum absolute atomic E-state index is 12.7. The Morgan fingerprint density at radius 2 is 2.21 bits per heavy atom. The first kappa shape index (κ1) is 20.8. The van der Waals surface area contributed by atoms with Crippen LogP contribution in [0.5, 0.6) is 0 Å². The van der Waals surface area contributed by atoms with E-state index >= 15 is 0 Å². The molecule has 7 nitrogen and oxygen atoms in total. The molecule has 1 amide bonds. The summed E-state index contributed by atoms with van der Waals surface area (Å²) in [5.41, 5.74) is 0.655. The molecule has 0 radical (unpaired) electrons. The average Bonchev–Trinajstić information content (AvgIpc) is 3.10. The van der Waals surface area contributed by atoms with E-state index in [4.69, 9.17) is 9.26 Å². The van der Waals surface area contributed by atoms with Crippen molar-refractivity contribution in [3.63, 3.8) is 0 Å². The van der Waals surface area contributed by atoms with Crippen LogP contribution in [0.1, 0.15) is 35.9 Å². The third-order valence-electron chi connectivity index (χ3n) is 4.39. The van der Waals surface area contributed by atoms with Gasteiger partial charge in [0.1, 0.15) is 0 Å². The molecule has 28 heavy (non-hydrogen) atoms. The SMILES string of the molecule is Cc1nc(CSc2ccccc2C(=O)NCC2CN(CC(C)C)CCO2)no1. The molecule has 1 aromatic carbocycles. The highest BCUT2D eigenvalue weighted by molar-refractivity contribution is 7.98. The Morgan fingerprint density at radius 1 is 1.39 bits per heavy atom. The highest BCUT2D eigenvalue weighted by Crippen LogP contribution is 2.25. The lowest BCUT2D eigenvalue weighted by Crippen LogP contribution is -2.48. The average molecular weight is 405 g/mol. The molecule has 1 saturated heterocycles. The number of aryl methyl sites for hydroxylation is 1. The van der Waals surface area contributed by atoms with Crippen molar-refractivity contribution < 1.29 is 14.1 Å². The fourth-order valence-corrected chi connectivity index (χ4v) is 4.10. The van der Waals surface area contributed by atoms with Gasteiger partial charge in [-0.25, -0.2) is 0 Å². The molecule has 1 fully saturated rings. The number of carbonyl (C=O) groups excluding carboxylic acids is 1. The number of amides is 1. The zero-order valence-corrected chi connectivity index (χ0v) is 17.5. The smallest absolute Gasteiger partial charge is 0.252 e. The van der Waals surface area contributed by atoms with Gasteiger partial charge in [-0.2, -0.15) is 4.98 Å². The summed E-state index contributed by atoms with van der Waals surface area (Å²) in [6, 6.07) is 7.58. The first-order chi connectivity index (χ1) is 13.5. The van der Waals surface area contributed by atoms with Crippen molar-refractivity contribution in [2.24, 2.45) is 5.92 Å². The van der Waals surface area contributed by atoms with E-state index < -0.39 is 0 Å². The molecule has 2 heterocycles. The molecular formula is C20H28N4O3S. The molecule has 3 rings (SSSR count). The zero-order chi connectivity index (χ0) is 19.9. The van der Waals surface area contributed by atoms with E-state index in [9.17, 15) is 4.79 Å². The minimum Gasteiger partial charge on any atom is -0.374 e. The van der Waals surface area contributed by atoms with E-state index in [0.717, 1.165) is 24.5 Å². The normalized spacial score (nSPS) is 17.8. The van der Waals surface area contributed by atoms with E-state index in [1.807, 2.05) is 24.3 Å². The van der Waals surface area contributed by atoms with Gasteiger partial charge in [0.25, 0.3) is 5.91 Å². The molecule has 1 aliphatic heterocycles. The van der Waals surface area contributed by atoms with Gasteiger partial charge in [0.2, 0.25) is 5.89 Å². The molecule has 1 aliphatic rings. The van der Waals surface area contributed by atoms with Crippen molar-refractivity contribution >= 4 is 17.7 Å². The minimum absolute atomic E-state index is 0.0265. The van der Waals surface area contributed by atoms with Crippen LogP contribution < -0.4 is 5.32 Å². The number of nitrogens with one attached hydrogen (secondary N) is 1. The first-order valence-electron chi connectivity index (χ1n) is 9.64. The van der Waals surface area contributed by atoms with E-state index in [1.165, 1.54) is 11.8 Å². The van der Waals surface area contributed by atoms with Gasteiger partial charge in [-0.05, 0) is 18.1 Å². The summed E-state index contributed by atoms with van der Waals surface area (Å²) in [6.07, 6.45) is 0.0265. The lowest BCUT2D eigenvalue weighted by Gasteiger charge is -2.34. The van der Waals surface area contributed by atoms with Crippen LogP contribution in [0.2, 0.25) is 0 Å². The number of aromatic nitrogens is 2. The molecule has 0 spiro atoms. The van der Waals surface area contributed by atoms with E-state index in [-0.39, 0.29) is 12.0 Å². The van der Waals surface area contributed by atoms with Crippen LogP contribution in [0.3, 0.4) is 0 Å². The first-order valence-corrected chi connectivity index (χ1v) is 10.6. The lowest BCUT2D eigenvalue weighted by atomic mass is 10.1. The predicted molar refractivity (Wildman–Crippen MR) is 108 cm³/mol. The summed E-state index contributed by atoms with van der Waals surface area (Å²) in [5, 5.41) is 6.93. The summed E-state index contributed by atoms with van der Waals surface area (Å²) < 4.78 is 10.8. The van der Waals surface area contributed by atoms with Gasteiger partial charge >= 0.3 is 0 Å². The highest BCUT2D eigenvalue weighted by atomic mass is 32.2. The van der Waals surface area contributed by atoms with Crippen LogP contribution in [0.25, 0.3) is 0 Å². The fourth-order valence-electron chi connectivity index (χ4n) is 3.21. The van der Waals surface area contributed by atoms with Gasteiger partial charge in [-0.1, -0.05) is 31.1 Å². The molecular weight excluding hydrogens is 376 g/mol. The van der Waals surface area contributed by atoms with Crippen molar-refractivity contribution in [2.75, 3.05) is 32.8 Å².